The van der Waals surface area contributed by atoms with Crippen molar-refractivity contribution in [2.75, 3.05) is 20.8 Å². The van der Waals surface area contributed by atoms with Gasteiger partial charge in [0.05, 0.1) is 18.0 Å². The van der Waals surface area contributed by atoms with Crippen molar-refractivity contribution in [1.29, 1.82) is 0 Å². The molecule has 26 heavy (non-hydrogen) atoms. The fraction of sp³-hybridized carbons (Fsp3) is 0.875. The van der Waals surface area contributed by atoms with Crippen LogP contribution in [-0.2, 0) is 28.5 Å². The molecular weight excluding hydrogens is 359 g/mol. The van der Waals surface area contributed by atoms with Gasteiger partial charge < -0.3 is 28.6 Å². The number of hydrogen-bond donors (Lipinski definition) is 0. The molecule has 0 aromatic heterocycles. The highest BCUT2D eigenvalue weighted by Crippen LogP contribution is 2.56. The number of piperidine rings is 1. The molecule has 0 bridgehead atoms. The van der Waals surface area contributed by atoms with E-state index >= 15 is 0 Å². The summed E-state index contributed by atoms with van der Waals surface area (Å²) in [6, 6.07) is 0. The normalized spacial score (nSPS) is 41.7. The lowest BCUT2D eigenvalue weighted by atomic mass is 9.81. The van der Waals surface area contributed by atoms with Crippen LogP contribution in [0.3, 0.4) is 0 Å². The molecule has 0 N–H and O–H groups in total. The van der Waals surface area contributed by atoms with Gasteiger partial charge in [0.15, 0.2) is 0 Å². The molecule has 0 aromatic rings. The molecule has 1 amide bonds. The number of amides is 1. The summed E-state index contributed by atoms with van der Waals surface area (Å²) >= 11 is 0. The van der Waals surface area contributed by atoms with Gasteiger partial charge in [-0.3, -0.25) is 4.79 Å². The van der Waals surface area contributed by atoms with Gasteiger partial charge in [0, 0.05) is 14.2 Å². The van der Waals surface area contributed by atoms with Crippen molar-refractivity contribution in [2.24, 2.45) is 5.92 Å². The quantitative estimate of drug-likeness (QED) is 0.685. The molecular formula is C16H22F3NO6. The number of hydrogen-bond acceptors (Lipinski definition) is 6. The molecule has 1 saturated carbocycles. The van der Waals surface area contributed by atoms with Crippen LogP contribution in [-0.4, -0.2) is 73.4 Å². The fourth-order valence-electron chi connectivity index (χ4n) is 4.04. The zero-order valence-corrected chi connectivity index (χ0v) is 15.0. The first kappa shape index (κ1) is 19.5. The third-order valence-electron chi connectivity index (χ3n) is 5.98. The van der Waals surface area contributed by atoms with Crippen molar-refractivity contribution < 1.29 is 41.7 Å². The first-order valence-corrected chi connectivity index (χ1v) is 8.28. The Balaban J connectivity index is 1.98. The molecule has 0 radical (unpaired) electrons. The maximum atomic E-state index is 13.1. The van der Waals surface area contributed by atoms with Gasteiger partial charge in [-0.25, -0.2) is 0 Å². The Kier molecular flexibility index (Phi) is 4.42. The van der Waals surface area contributed by atoms with Crippen molar-refractivity contribution >= 4 is 12.2 Å². The zero-order valence-electron chi connectivity index (χ0n) is 15.0. The first-order valence-electron chi connectivity index (χ1n) is 8.28. The van der Waals surface area contributed by atoms with Gasteiger partial charge in [0.1, 0.15) is 18.5 Å². The average molecular weight is 381 g/mol. The van der Waals surface area contributed by atoms with Gasteiger partial charge in [-0.05, 0) is 26.7 Å². The van der Waals surface area contributed by atoms with E-state index in [-0.39, 0.29) is 6.54 Å². The van der Waals surface area contributed by atoms with Crippen molar-refractivity contribution in [3.05, 3.63) is 0 Å². The van der Waals surface area contributed by atoms with Crippen molar-refractivity contribution in [1.82, 2.24) is 4.90 Å². The zero-order chi connectivity index (χ0) is 19.5. The van der Waals surface area contributed by atoms with Crippen molar-refractivity contribution in [3.8, 4) is 0 Å². The van der Waals surface area contributed by atoms with E-state index in [2.05, 4.69) is 0 Å². The second-order valence-electron chi connectivity index (χ2n) is 7.22. The molecule has 5 atom stereocenters. The van der Waals surface area contributed by atoms with E-state index in [0.29, 0.717) is 19.1 Å². The molecule has 3 rings (SSSR count). The summed E-state index contributed by atoms with van der Waals surface area (Å²) in [5.74, 6) is -5.74. The Morgan fingerprint density at radius 2 is 1.69 bits per heavy atom. The second-order valence-corrected chi connectivity index (χ2v) is 7.22. The summed E-state index contributed by atoms with van der Waals surface area (Å²) in [6.45, 7) is 2.76. The molecule has 2 saturated heterocycles. The summed E-state index contributed by atoms with van der Waals surface area (Å²) in [7, 11) is 2.73. The smallest absolute Gasteiger partial charge is 0.349 e. The van der Waals surface area contributed by atoms with E-state index in [1.165, 1.54) is 21.1 Å². The van der Waals surface area contributed by atoms with Crippen LogP contribution < -0.4 is 0 Å². The van der Waals surface area contributed by atoms with Crippen LogP contribution in [0.5, 0.6) is 0 Å². The lowest BCUT2D eigenvalue weighted by Crippen LogP contribution is -2.73. The maximum Gasteiger partial charge on any atom is 0.471 e. The molecule has 1 spiro atoms. The van der Waals surface area contributed by atoms with Crippen LogP contribution in [0, 0.1) is 5.92 Å². The Bertz CT molecular complexity index is 609. The van der Waals surface area contributed by atoms with Gasteiger partial charge in [-0.2, -0.15) is 13.2 Å². The largest absolute Gasteiger partial charge is 0.471 e. The number of nitrogens with zero attached hydrogens (tertiary/aromatic N) is 1. The van der Waals surface area contributed by atoms with E-state index in [1.807, 2.05) is 0 Å². The van der Waals surface area contributed by atoms with Crippen LogP contribution in [0.4, 0.5) is 13.2 Å². The summed E-state index contributed by atoms with van der Waals surface area (Å²) in [5, 5.41) is 0. The summed E-state index contributed by atoms with van der Waals surface area (Å²) in [4.78, 5) is 24.5. The SMILES string of the molecule is CO[C@@]1(C)O[C@@H]2[C@@H](C=O)C3(CC3)N(C(=O)C(F)(F)F)C[C@H]2O[C@]1(C)OC. The molecule has 1 aliphatic carbocycles. The van der Waals surface area contributed by atoms with E-state index < -0.39 is 47.3 Å². The minimum Gasteiger partial charge on any atom is -0.349 e. The standard InChI is InChI=1S/C16H22F3NO6/c1-13(23-3)14(2,24-4)26-11-9(8-21)15(5-6-15)20(7-10(11)25-13)12(22)16(17,18)19/h8-11H,5-7H2,1-4H3/t9-,10-,11-,13+,14+/m1/s1. The van der Waals surface area contributed by atoms with Crippen LogP contribution >= 0.6 is 0 Å². The third kappa shape index (κ3) is 2.57. The number of aldehydes is 1. The molecule has 10 heteroatoms. The number of rotatable bonds is 3. The van der Waals surface area contributed by atoms with E-state index in [0.717, 1.165) is 4.90 Å². The average Bonchev–Trinajstić information content (AvgIpc) is 3.36. The summed E-state index contributed by atoms with van der Waals surface area (Å²) in [5.41, 5.74) is -1.19. The van der Waals surface area contributed by atoms with Crippen LogP contribution in [0.2, 0.25) is 0 Å². The number of alkyl halides is 3. The number of likely N-dealkylation sites (tertiary alicyclic amines) is 1. The monoisotopic (exact) mass is 381 g/mol. The van der Waals surface area contributed by atoms with Gasteiger partial charge in [0.25, 0.3) is 0 Å². The summed E-state index contributed by atoms with van der Waals surface area (Å²) in [6.07, 6.45) is -5.69. The van der Waals surface area contributed by atoms with Gasteiger partial charge >= 0.3 is 12.1 Å². The number of methoxy groups -OCH3 is 2. The maximum absolute atomic E-state index is 13.1. The van der Waals surface area contributed by atoms with Crippen molar-refractivity contribution in [2.45, 2.75) is 62.2 Å². The topological polar surface area (TPSA) is 74.3 Å². The first-order chi connectivity index (χ1) is 12.0. The molecule has 3 fully saturated rings. The van der Waals surface area contributed by atoms with Crippen LogP contribution in [0.15, 0.2) is 0 Å². The number of fused-ring (bicyclic) bond motifs is 1. The number of halogens is 3. The molecule has 0 aromatic carbocycles. The second kappa shape index (κ2) is 5.88. The lowest BCUT2D eigenvalue weighted by Gasteiger charge is -2.57. The van der Waals surface area contributed by atoms with E-state index in [1.54, 1.807) is 6.92 Å². The molecule has 2 heterocycles. The Morgan fingerprint density at radius 1 is 1.15 bits per heavy atom. The predicted molar refractivity (Wildman–Crippen MR) is 79.9 cm³/mol. The Labute approximate surface area is 148 Å². The molecule has 7 nitrogen and oxygen atoms in total. The van der Waals surface area contributed by atoms with E-state index in [4.69, 9.17) is 18.9 Å². The van der Waals surface area contributed by atoms with Gasteiger partial charge in [-0.1, -0.05) is 0 Å². The van der Waals surface area contributed by atoms with E-state index in [9.17, 15) is 22.8 Å². The molecule has 3 aliphatic rings. The predicted octanol–water partition coefficient (Wildman–Crippen LogP) is 1.25. The molecule has 0 unspecified atom stereocenters. The van der Waals surface area contributed by atoms with Gasteiger partial charge in [-0.15, -0.1) is 0 Å². The minimum atomic E-state index is -5.03. The molecule has 148 valence electrons. The highest BCUT2D eigenvalue weighted by molar-refractivity contribution is 5.84. The fourth-order valence-corrected chi connectivity index (χ4v) is 4.04. The highest BCUT2D eigenvalue weighted by Gasteiger charge is 2.69. The van der Waals surface area contributed by atoms with Crippen LogP contribution in [0.1, 0.15) is 26.7 Å². The molecule has 2 aliphatic heterocycles. The summed E-state index contributed by atoms with van der Waals surface area (Å²) < 4.78 is 61.8. The van der Waals surface area contributed by atoms with Crippen molar-refractivity contribution in [3.63, 3.8) is 0 Å². The number of carbonyl (C=O) groups excluding carboxylic acids is 2. The lowest BCUT2D eigenvalue weighted by molar-refractivity contribution is -0.456. The Hall–Kier alpha value is -1.23. The minimum absolute atomic E-state index is 0.302. The van der Waals surface area contributed by atoms with Crippen LogP contribution in [0.25, 0.3) is 0 Å². The number of ether oxygens (including phenoxy) is 4. The third-order valence-corrected chi connectivity index (χ3v) is 5.98. The van der Waals surface area contributed by atoms with Gasteiger partial charge in [0.2, 0.25) is 11.6 Å². The highest BCUT2D eigenvalue weighted by atomic mass is 19.4. The Morgan fingerprint density at radius 3 is 2.12 bits per heavy atom. The number of carbonyl (C=O) groups is 2.